The van der Waals surface area contributed by atoms with E-state index in [4.69, 9.17) is 5.73 Å². The van der Waals surface area contributed by atoms with Crippen molar-refractivity contribution in [2.45, 2.75) is 18.9 Å². The number of nitrogens with zero attached hydrogens (tertiary/aromatic N) is 3. The highest BCUT2D eigenvalue weighted by molar-refractivity contribution is 5.95. The fourth-order valence-electron chi connectivity index (χ4n) is 2.87. The maximum absolute atomic E-state index is 12.3. The molecule has 0 bridgehead atoms. The van der Waals surface area contributed by atoms with Gasteiger partial charge in [0, 0.05) is 32.0 Å². The lowest BCUT2D eigenvalue weighted by atomic mass is 10.0. The molecule has 2 aromatic rings. The molecule has 1 atom stereocenters. The summed E-state index contributed by atoms with van der Waals surface area (Å²) in [6.45, 7) is 2.11. The van der Waals surface area contributed by atoms with Gasteiger partial charge in [0.2, 0.25) is 5.91 Å². The normalized spacial score (nSPS) is 16.5. The minimum Gasteiger partial charge on any atom is -0.324 e. The van der Waals surface area contributed by atoms with Crippen molar-refractivity contribution in [1.82, 2.24) is 14.7 Å². The number of hydrogen-bond donors (Lipinski definition) is 2. The summed E-state index contributed by atoms with van der Waals surface area (Å²) in [6, 6.07) is 7.12. The molecule has 0 spiro atoms. The van der Waals surface area contributed by atoms with Gasteiger partial charge in [-0.25, -0.2) is 0 Å². The number of anilines is 1. The minimum absolute atomic E-state index is 0.241. The number of hydrogen-bond acceptors (Lipinski definition) is 4. The molecule has 1 amide bonds. The molecular weight excluding hydrogens is 290 g/mol. The van der Waals surface area contributed by atoms with Crippen LogP contribution in [-0.2, 0) is 24.7 Å². The zero-order chi connectivity index (χ0) is 16.4. The standard InChI is InChI=1S/C17H23N5O/c1-21-8-5-12-3-4-14(11-13(12)6-9-21)19-17(23)16(18)15-7-10-22(2)20-15/h3-4,7,10-11,16H,5-6,8-9,18H2,1-2H3,(H,19,23). The molecule has 3 rings (SSSR count). The van der Waals surface area contributed by atoms with Gasteiger partial charge in [-0.2, -0.15) is 5.10 Å². The first-order valence-electron chi connectivity index (χ1n) is 7.89. The van der Waals surface area contributed by atoms with Crippen LogP contribution in [0.15, 0.2) is 30.5 Å². The summed E-state index contributed by atoms with van der Waals surface area (Å²) in [5.74, 6) is -0.241. The molecule has 3 N–H and O–H groups in total. The van der Waals surface area contributed by atoms with E-state index >= 15 is 0 Å². The minimum atomic E-state index is -0.763. The van der Waals surface area contributed by atoms with E-state index < -0.39 is 6.04 Å². The molecule has 0 radical (unpaired) electrons. The topological polar surface area (TPSA) is 76.2 Å². The molecule has 23 heavy (non-hydrogen) atoms. The van der Waals surface area contributed by atoms with Gasteiger partial charge in [0.25, 0.3) is 0 Å². The van der Waals surface area contributed by atoms with E-state index in [0.717, 1.165) is 31.6 Å². The van der Waals surface area contributed by atoms with Gasteiger partial charge in [-0.1, -0.05) is 6.07 Å². The third kappa shape index (κ3) is 3.60. The van der Waals surface area contributed by atoms with Crippen LogP contribution in [0.5, 0.6) is 0 Å². The molecule has 1 aromatic carbocycles. The zero-order valence-corrected chi connectivity index (χ0v) is 13.6. The van der Waals surface area contributed by atoms with Crippen molar-refractivity contribution in [3.05, 3.63) is 47.3 Å². The fraction of sp³-hybridized carbons (Fsp3) is 0.412. The highest BCUT2D eigenvalue weighted by Gasteiger charge is 2.19. The Morgan fingerprint density at radius 2 is 1.96 bits per heavy atom. The lowest BCUT2D eigenvalue weighted by Gasteiger charge is -2.12. The van der Waals surface area contributed by atoms with E-state index in [-0.39, 0.29) is 5.91 Å². The second-order valence-corrected chi connectivity index (χ2v) is 6.17. The molecular formula is C17H23N5O. The molecule has 0 saturated carbocycles. The highest BCUT2D eigenvalue weighted by Crippen LogP contribution is 2.21. The predicted molar refractivity (Wildman–Crippen MR) is 90.1 cm³/mol. The van der Waals surface area contributed by atoms with Crippen LogP contribution in [0.25, 0.3) is 0 Å². The van der Waals surface area contributed by atoms with Gasteiger partial charge >= 0.3 is 0 Å². The molecule has 1 aliphatic heterocycles. The number of carbonyl (C=O) groups is 1. The first-order chi connectivity index (χ1) is 11.0. The molecule has 6 heteroatoms. The SMILES string of the molecule is CN1CCc2ccc(NC(=O)C(N)c3ccn(C)n3)cc2CC1. The number of likely N-dealkylation sites (N-methyl/N-ethyl adjacent to an activating group) is 1. The van der Waals surface area contributed by atoms with Crippen LogP contribution >= 0.6 is 0 Å². The van der Waals surface area contributed by atoms with Crippen molar-refractivity contribution in [3.63, 3.8) is 0 Å². The van der Waals surface area contributed by atoms with Gasteiger partial charge in [0.05, 0.1) is 5.69 Å². The van der Waals surface area contributed by atoms with Gasteiger partial charge < -0.3 is 16.0 Å². The number of aryl methyl sites for hydroxylation is 1. The monoisotopic (exact) mass is 313 g/mol. The van der Waals surface area contributed by atoms with Gasteiger partial charge in [-0.3, -0.25) is 9.48 Å². The van der Waals surface area contributed by atoms with Crippen molar-refractivity contribution in [3.8, 4) is 0 Å². The lowest BCUT2D eigenvalue weighted by molar-refractivity contribution is -0.117. The van der Waals surface area contributed by atoms with Crippen molar-refractivity contribution < 1.29 is 4.79 Å². The van der Waals surface area contributed by atoms with Crippen molar-refractivity contribution in [2.24, 2.45) is 12.8 Å². The molecule has 0 saturated heterocycles. The maximum Gasteiger partial charge on any atom is 0.247 e. The van der Waals surface area contributed by atoms with Crippen molar-refractivity contribution in [2.75, 3.05) is 25.5 Å². The van der Waals surface area contributed by atoms with Gasteiger partial charge in [-0.15, -0.1) is 0 Å². The van der Waals surface area contributed by atoms with E-state index in [1.54, 1.807) is 24.0 Å². The van der Waals surface area contributed by atoms with Gasteiger partial charge in [0.1, 0.15) is 6.04 Å². The molecule has 1 aromatic heterocycles. The molecule has 1 unspecified atom stereocenters. The Balaban J connectivity index is 1.72. The van der Waals surface area contributed by atoms with Crippen LogP contribution in [-0.4, -0.2) is 40.7 Å². The van der Waals surface area contributed by atoms with Crippen LogP contribution in [0.4, 0.5) is 5.69 Å². The Labute approximate surface area is 136 Å². The Bertz CT molecular complexity index is 709. The zero-order valence-electron chi connectivity index (χ0n) is 13.6. The Morgan fingerprint density at radius 3 is 2.65 bits per heavy atom. The molecule has 6 nitrogen and oxygen atoms in total. The lowest BCUT2D eigenvalue weighted by Crippen LogP contribution is -2.28. The summed E-state index contributed by atoms with van der Waals surface area (Å²) in [5.41, 5.74) is 10.0. The quantitative estimate of drug-likeness (QED) is 0.889. The number of amides is 1. The maximum atomic E-state index is 12.3. The number of rotatable bonds is 3. The first-order valence-corrected chi connectivity index (χ1v) is 7.89. The number of benzene rings is 1. The smallest absolute Gasteiger partial charge is 0.247 e. The number of nitrogens with one attached hydrogen (secondary N) is 1. The summed E-state index contributed by atoms with van der Waals surface area (Å²) in [7, 11) is 3.94. The second-order valence-electron chi connectivity index (χ2n) is 6.17. The largest absolute Gasteiger partial charge is 0.324 e. The Morgan fingerprint density at radius 1 is 1.22 bits per heavy atom. The van der Waals surface area contributed by atoms with Crippen molar-refractivity contribution >= 4 is 11.6 Å². The summed E-state index contributed by atoms with van der Waals surface area (Å²) < 4.78 is 1.64. The number of aromatic nitrogens is 2. The van der Waals surface area contributed by atoms with Gasteiger partial charge in [-0.05, 0) is 49.2 Å². The first kappa shape index (κ1) is 15.7. The van der Waals surface area contributed by atoms with Crippen LogP contribution in [0.1, 0.15) is 22.9 Å². The Hall–Kier alpha value is -2.18. The average Bonchev–Trinajstić information content (AvgIpc) is 2.88. The second kappa shape index (κ2) is 6.52. The molecule has 0 aliphatic carbocycles. The molecule has 0 fully saturated rings. The highest BCUT2D eigenvalue weighted by atomic mass is 16.2. The average molecular weight is 313 g/mol. The Kier molecular flexibility index (Phi) is 4.45. The van der Waals surface area contributed by atoms with Crippen molar-refractivity contribution in [1.29, 1.82) is 0 Å². The summed E-state index contributed by atoms with van der Waals surface area (Å²) in [5, 5.41) is 7.09. The summed E-state index contributed by atoms with van der Waals surface area (Å²) in [4.78, 5) is 14.6. The third-order valence-electron chi connectivity index (χ3n) is 4.33. The van der Waals surface area contributed by atoms with Crippen LogP contribution in [0, 0.1) is 0 Å². The number of nitrogens with two attached hydrogens (primary N) is 1. The summed E-state index contributed by atoms with van der Waals surface area (Å²) >= 11 is 0. The summed E-state index contributed by atoms with van der Waals surface area (Å²) in [6.07, 6.45) is 3.83. The predicted octanol–water partition coefficient (Wildman–Crippen LogP) is 1.09. The molecule has 1 aliphatic rings. The van der Waals surface area contributed by atoms with E-state index in [1.807, 2.05) is 6.07 Å². The van der Waals surface area contributed by atoms with Crippen LogP contribution in [0.3, 0.4) is 0 Å². The molecule has 122 valence electrons. The van der Waals surface area contributed by atoms with E-state index in [2.05, 4.69) is 34.5 Å². The van der Waals surface area contributed by atoms with Crippen LogP contribution in [0.2, 0.25) is 0 Å². The van der Waals surface area contributed by atoms with E-state index in [9.17, 15) is 4.79 Å². The van der Waals surface area contributed by atoms with E-state index in [0.29, 0.717) is 5.69 Å². The number of fused-ring (bicyclic) bond motifs is 1. The third-order valence-corrected chi connectivity index (χ3v) is 4.33. The molecule has 2 heterocycles. The van der Waals surface area contributed by atoms with E-state index in [1.165, 1.54) is 11.1 Å². The number of carbonyl (C=O) groups excluding carboxylic acids is 1. The fourth-order valence-corrected chi connectivity index (χ4v) is 2.87. The van der Waals surface area contributed by atoms with Gasteiger partial charge in [0.15, 0.2) is 0 Å². The van der Waals surface area contributed by atoms with Crippen LogP contribution < -0.4 is 11.1 Å².